The highest BCUT2D eigenvalue weighted by molar-refractivity contribution is 5.28. The van der Waals surface area contributed by atoms with Crippen LogP contribution in [0.3, 0.4) is 0 Å². The Bertz CT molecular complexity index is 537. The molecule has 0 atom stereocenters. The van der Waals surface area contributed by atoms with Gasteiger partial charge in [-0.05, 0) is 17.7 Å². The summed E-state index contributed by atoms with van der Waals surface area (Å²) in [7, 11) is 0. The van der Waals surface area contributed by atoms with Crippen molar-refractivity contribution in [1.82, 2.24) is 10.1 Å². The highest BCUT2D eigenvalue weighted by atomic mass is 19.4. The molecule has 1 heterocycles. The summed E-state index contributed by atoms with van der Waals surface area (Å²) in [5.41, 5.74) is 0.678. The van der Waals surface area contributed by atoms with Crippen LogP contribution in [0, 0.1) is 0 Å². The van der Waals surface area contributed by atoms with Crippen LogP contribution in [-0.4, -0.2) is 21.4 Å². The normalized spacial score (nSPS) is 11.7. The van der Waals surface area contributed by atoms with Gasteiger partial charge in [-0.1, -0.05) is 17.3 Å². The Balaban J connectivity index is 2.07. The molecule has 1 aromatic carbocycles. The molecule has 2 rings (SSSR count). The van der Waals surface area contributed by atoms with Crippen molar-refractivity contribution in [3.05, 3.63) is 41.5 Å². The summed E-state index contributed by atoms with van der Waals surface area (Å²) in [6.45, 7) is 0. The highest BCUT2D eigenvalue weighted by Crippen LogP contribution is 2.20. The molecule has 18 heavy (non-hydrogen) atoms. The second-order valence-electron chi connectivity index (χ2n) is 3.74. The van der Waals surface area contributed by atoms with Crippen molar-refractivity contribution in [2.45, 2.75) is 19.0 Å². The van der Waals surface area contributed by atoms with E-state index in [0.717, 1.165) is 0 Å². The molecule has 4 nitrogen and oxygen atoms in total. The zero-order valence-corrected chi connectivity index (χ0v) is 9.11. The summed E-state index contributed by atoms with van der Waals surface area (Å²) in [5, 5.41) is 12.5. The van der Waals surface area contributed by atoms with Gasteiger partial charge in [-0.3, -0.25) is 0 Å². The maximum Gasteiger partial charge on any atom is 0.396 e. The van der Waals surface area contributed by atoms with Gasteiger partial charge in [0.1, 0.15) is 12.2 Å². The van der Waals surface area contributed by atoms with Crippen LogP contribution in [0.1, 0.15) is 17.3 Å². The maximum atomic E-state index is 12.1. The van der Waals surface area contributed by atoms with Gasteiger partial charge in [-0.2, -0.15) is 18.2 Å². The van der Waals surface area contributed by atoms with Crippen molar-refractivity contribution in [2.75, 3.05) is 0 Å². The maximum absolute atomic E-state index is 12.1. The Morgan fingerprint density at radius 2 is 2.06 bits per heavy atom. The van der Waals surface area contributed by atoms with E-state index in [1.807, 2.05) is 0 Å². The number of nitrogens with zero attached hydrogens (tertiary/aromatic N) is 2. The third-order valence-corrected chi connectivity index (χ3v) is 2.13. The number of alkyl halides is 3. The number of benzene rings is 1. The van der Waals surface area contributed by atoms with Crippen LogP contribution < -0.4 is 0 Å². The number of halogens is 3. The van der Waals surface area contributed by atoms with Crippen molar-refractivity contribution < 1.29 is 22.8 Å². The van der Waals surface area contributed by atoms with Crippen LogP contribution in [0.15, 0.2) is 28.8 Å². The lowest BCUT2D eigenvalue weighted by atomic mass is 10.1. The van der Waals surface area contributed by atoms with Crippen LogP contribution in [-0.2, 0) is 12.8 Å². The molecule has 0 saturated heterocycles. The van der Waals surface area contributed by atoms with Gasteiger partial charge >= 0.3 is 6.18 Å². The van der Waals surface area contributed by atoms with E-state index in [1.165, 1.54) is 12.1 Å². The Kier molecular flexibility index (Phi) is 3.22. The van der Waals surface area contributed by atoms with Crippen LogP contribution >= 0.6 is 0 Å². The van der Waals surface area contributed by atoms with Crippen molar-refractivity contribution >= 4 is 0 Å². The van der Waals surface area contributed by atoms with Gasteiger partial charge in [-0.15, -0.1) is 0 Å². The van der Waals surface area contributed by atoms with Gasteiger partial charge in [0, 0.05) is 0 Å². The molecule has 96 valence electrons. The standard InChI is InChI=1S/C11H9F3N2O2/c12-11(13,14)6-9-15-10(18-16-9)5-7-2-1-3-8(17)4-7/h1-4,17H,5-6H2. The van der Waals surface area contributed by atoms with Crippen molar-refractivity contribution in [1.29, 1.82) is 0 Å². The molecule has 0 unspecified atom stereocenters. The average Bonchev–Trinajstić information content (AvgIpc) is 2.62. The molecule has 1 aromatic heterocycles. The molecular formula is C11H9F3N2O2. The number of aromatic nitrogens is 2. The number of phenols is 1. The highest BCUT2D eigenvalue weighted by Gasteiger charge is 2.30. The lowest BCUT2D eigenvalue weighted by Crippen LogP contribution is -2.12. The van der Waals surface area contributed by atoms with Gasteiger partial charge in [0.05, 0.1) is 6.42 Å². The Hall–Kier alpha value is -2.05. The third-order valence-electron chi connectivity index (χ3n) is 2.13. The molecule has 0 spiro atoms. The quantitative estimate of drug-likeness (QED) is 0.918. The monoisotopic (exact) mass is 258 g/mol. The molecule has 0 aliphatic rings. The molecule has 0 fully saturated rings. The lowest BCUT2D eigenvalue weighted by molar-refractivity contribution is -0.128. The Morgan fingerprint density at radius 1 is 1.28 bits per heavy atom. The first-order valence-corrected chi connectivity index (χ1v) is 5.08. The topological polar surface area (TPSA) is 59.2 Å². The van der Waals surface area contributed by atoms with Gasteiger partial charge in [0.25, 0.3) is 0 Å². The Morgan fingerprint density at radius 3 is 2.72 bits per heavy atom. The first kappa shape index (κ1) is 12.4. The first-order chi connectivity index (χ1) is 8.42. The summed E-state index contributed by atoms with van der Waals surface area (Å²) in [6.07, 6.45) is -5.39. The first-order valence-electron chi connectivity index (χ1n) is 5.08. The van der Waals surface area contributed by atoms with E-state index < -0.39 is 18.4 Å². The smallest absolute Gasteiger partial charge is 0.396 e. The molecule has 0 radical (unpaired) electrons. The van der Waals surface area contributed by atoms with E-state index in [1.54, 1.807) is 12.1 Å². The summed E-state index contributed by atoms with van der Waals surface area (Å²) in [6, 6.07) is 6.30. The largest absolute Gasteiger partial charge is 0.508 e. The van der Waals surface area contributed by atoms with Gasteiger partial charge in [0.15, 0.2) is 5.82 Å². The molecule has 0 aliphatic heterocycles. The van der Waals surface area contributed by atoms with Gasteiger partial charge in [-0.25, -0.2) is 0 Å². The molecule has 0 saturated carbocycles. The van der Waals surface area contributed by atoms with Gasteiger partial charge < -0.3 is 9.63 Å². The summed E-state index contributed by atoms with van der Waals surface area (Å²) in [4.78, 5) is 3.64. The Labute approximate surface area is 100 Å². The number of aromatic hydroxyl groups is 1. The van der Waals surface area contributed by atoms with E-state index in [9.17, 15) is 18.3 Å². The summed E-state index contributed by atoms with van der Waals surface area (Å²) in [5.74, 6) is -0.236. The molecule has 2 aromatic rings. The fourth-order valence-electron chi connectivity index (χ4n) is 1.45. The summed E-state index contributed by atoms with van der Waals surface area (Å²) < 4.78 is 40.9. The molecular weight excluding hydrogens is 249 g/mol. The van der Waals surface area contributed by atoms with E-state index in [-0.39, 0.29) is 18.1 Å². The third kappa shape index (κ3) is 3.47. The number of rotatable bonds is 3. The molecule has 0 aliphatic carbocycles. The number of hydrogen-bond donors (Lipinski definition) is 1. The minimum absolute atomic E-state index is 0.0718. The van der Waals surface area contributed by atoms with E-state index in [4.69, 9.17) is 4.52 Å². The average molecular weight is 258 g/mol. The lowest BCUT2D eigenvalue weighted by Gasteiger charge is -2.00. The number of hydrogen-bond acceptors (Lipinski definition) is 4. The van der Waals surface area contributed by atoms with Crippen LogP contribution in [0.5, 0.6) is 5.75 Å². The zero-order chi connectivity index (χ0) is 13.2. The van der Waals surface area contributed by atoms with Crippen LogP contribution in [0.25, 0.3) is 0 Å². The zero-order valence-electron chi connectivity index (χ0n) is 9.11. The minimum Gasteiger partial charge on any atom is -0.508 e. The second kappa shape index (κ2) is 4.67. The van der Waals surface area contributed by atoms with Crippen molar-refractivity contribution in [3.63, 3.8) is 0 Å². The fourth-order valence-corrected chi connectivity index (χ4v) is 1.45. The molecule has 1 N–H and O–H groups in total. The fraction of sp³-hybridized carbons (Fsp3) is 0.273. The van der Waals surface area contributed by atoms with Crippen LogP contribution in [0.2, 0.25) is 0 Å². The predicted octanol–water partition coefficient (Wildman–Crippen LogP) is 2.47. The SMILES string of the molecule is Oc1cccc(Cc2nc(CC(F)(F)F)no2)c1. The van der Waals surface area contributed by atoms with Gasteiger partial charge in [0.2, 0.25) is 5.89 Å². The molecule has 0 bridgehead atoms. The van der Waals surface area contributed by atoms with Crippen molar-refractivity contribution in [3.8, 4) is 5.75 Å². The second-order valence-corrected chi connectivity index (χ2v) is 3.74. The van der Waals surface area contributed by atoms with Crippen molar-refractivity contribution in [2.24, 2.45) is 0 Å². The predicted molar refractivity (Wildman–Crippen MR) is 55.0 cm³/mol. The van der Waals surface area contributed by atoms with E-state index in [2.05, 4.69) is 10.1 Å². The van der Waals surface area contributed by atoms with E-state index in [0.29, 0.717) is 5.56 Å². The summed E-state index contributed by atoms with van der Waals surface area (Å²) >= 11 is 0. The molecule has 0 amide bonds. The minimum atomic E-state index is -4.36. The molecule has 7 heteroatoms. The van der Waals surface area contributed by atoms with E-state index >= 15 is 0 Å². The van der Waals surface area contributed by atoms with Crippen LogP contribution in [0.4, 0.5) is 13.2 Å². The number of phenolic OH excluding ortho intramolecular Hbond substituents is 1.